The van der Waals surface area contributed by atoms with Crippen molar-refractivity contribution in [3.05, 3.63) is 12.3 Å². The highest BCUT2D eigenvalue weighted by atomic mass is 15.2. The van der Waals surface area contributed by atoms with E-state index in [9.17, 15) is 0 Å². The van der Waals surface area contributed by atoms with Crippen molar-refractivity contribution in [3.8, 4) is 0 Å². The van der Waals surface area contributed by atoms with Crippen LogP contribution in [0.3, 0.4) is 0 Å². The highest BCUT2D eigenvalue weighted by Gasteiger charge is 2.21. The Morgan fingerprint density at radius 2 is 2.23 bits per heavy atom. The largest absolute Gasteiger partial charge is 0.375 e. The molecule has 0 aromatic carbocycles. The van der Waals surface area contributed by atoms with E-state index < -0.39 is 0 Å². The lowest BCUT2D eigenvalue weighted by Crippen LogP contribution is -2.20. The van der Waals surface area contributed by atoms with Gasteiger partial charge >= 0.3 is 0 Å². The Kier molecular flexibility index (Phi) is 3.79. The van der Waals surface area contributed by atoms with Gasteiger partial charge in [-0.25, -0.2) is 0 Å². The Bertz CT molecular complexity index is 175. The average molecular weight is 182 g/mol. The molecule has 0 aromatic rings. The standard InChI is InChI=1S/C11H22N2/c1-10(2)13-8-6-11(9-13)5-7-12(3)4/h11H,1,5-9H2,2-4H3. The van der Waals surface area contributed by atoms with Crippen molar-refractivity contribution in [1.29, 1.82) is 0 Å². The van der Waals surface area contributed by atoms with Gasteiger partial charge in [0.25, 0.3) is 0 Å². The van der Waals surface area contributed by atoms with E-state index in [1.54, 1.807) is 0 Å². The van der Waals surface area contributed by atoms with Gasteiger partial charge in [-0.2, -0.15) is 0 Å². The number of likely N-dealkylation sites (tertiary alicyclic amines) is 1. The second-order valence-corrected chi connectivity index (χ2v) is 4.43. The minimum absolute atomic E-state index is 0.888. The summed E-state index contributed by atoms with van der Waals surface area (Å²) >= 11 is 0. The van der Waals surface area contributed by atoms with Crippen LogP contribution in [0.25, 0.3) is 0 Å². The Balaban J connectivity index is 2.21. The predicted molar refractivity (Wildman–Crippen MR) is 57.7 cm³/mol. The molecule has 1 rings (SSSR count). The molecule has 76 valence electrons. The maximum Gasteiger partial charge on any atom is 0.0204 e. The number of rotatable bonds is 4. The first-order valence-corrected chi connectivity index (χ1v) is 5.15. The molecule has 1 heterocycles. The summed E-state index contributed by atoms with van der Waals surface area (Å²) in [5, 5.41) is 0. The third kappa shape index (κ3) is 3.39. The molecule has 0 saturated carbocycles. The zero-order valence-corrected chi connectivity index (χ0v) is 9.21. The monoisotopic (exact) mass is 182 g/mol. The van der Waals surface area contributed by atoms with E-state index >= 15 is 0 Å². The Hall–Kier alpha value is -0.500. The molecule has 0 radical (unpaired) electrons. The van der Waals surface area contributed by atoms with E-state index in [0.29, 0.717) is 0 Å². The second kappa shape index (κ2) is 4.66. The third-order valence-electron chi connectivity index (χ3n) is 2.81. The Labute approximate surface area is 82.2 Å². The molecule has 1 fully saturated rings. The molecule has 2 nitrogen and oxygen atoms in total. The quantitative estimate of drug-likeness (QED) is 0.654. The van der Waals surface area contributed by atoms with Crippen molar-refractivity contribution in [2.75, 3.05) is 33.7 Å². The zero-order chi connectivity index (χ0) is 9.84. The van der Waals surface area contributed by atoms with Gasteiger partial charge in [0.15, 0.2) is 0 Å². The van der Waals surface area contributed by atoms with Crippen LogP contribution in [0.5, 0.6) is 0 Å². The third-order valence-corrected chi connectivity index (χ3v) is 2.81. The summed E-state index contributed by atoms with van der Waals surface area (Å²) < 4.78 is 0. The molecule has 0 N–H and O–H groups in total. The van der Waals surface area contributed by atoms with Crippen LogP contribution in [0.4, 0.5) is 0 Å². The molecule has 0 spiro atoms. The van der Waals surface area contributed by atoms with Crippen molar-refractivity contribution in [2.45, 2.75) is 19.8 Å². The first-order chi connectivity index (χ1) is 6.09. The summed E-state index contributed by atoms with van der Waals surface area (Å²) in [6.45, 7) is 9.75. The van der Waals surface area contributed by atoms with E-state index in [0.717, 1.165) is 5.92 Å². The first kappa shape index (κ1) is 10.6. The normalized spacial score (nSPS) is 22.8. The summed E-state index contributed by atoms with van der Waals surface area (Å²) in [7, 11) is 4.29. The lowest BCUT2D eigenvalue weighted by atomic mass is 10.1. The van der Waals surface area contributed by atoms with Gasteiger partial charge < -0.3 is 9.80 Å². The SMILES string of the molecule is C=C(C)N1CCC(CCN(C)C)C1. The van der Waals surface area contributed by atoms with Crippen LogP contribution in [0.15, 0.2) is 12.3 Å². The fourth-order valence-electron chi connectivity index (χ4n) is 1.86. The molecule has 0 amide bonds. The van der Waals surface area contributed by atoms with Gasteiger partial charge in [0.1, 0.15) is 0 Å². The lowest BCUT2D eigenvalue weighted by molar-refractivity contribution is 0.341. The molecule has 0 bridgehead atoms. The molecule has 1 unspecified atom stereocenters. The van der Waals surface area contributed by atoms with Crippen molar-refractivity contribution in [2.24, 2.45) is 5.92 Å². The van der Waals surface area contributed by atoms with Gasteiger partial charge in [0.2, 0.25) is 0 Å². The maximum absolute atomic E-state index is 3.98. The van der Waals surface area contributed by atoms with Crippen molar-refractivity contribution in [1.82, 2.24) is 9.80 Å². The molecule has 1 atom stereocenters. The maximum atomic E-state index is 3.98. The van der Waals surface area contributed by atoms with Crippen LogP contribution in [0, 0.1) is 5.92 Å². The van der Waals surface area contributed by atoms with Gasteiger partial charge in [-0.05, 0) is 46.3 Å². The summed E-state index contributed by atoms with van der Waals surface area (Å²) in [4.78, 5) is 4.67. The molecule has 1 aliphatic rings. The highest BCUT2D eigenvalue weighted by molar-refractivity contribution is 4.93. The first-order valence-electron chi connectivity index (χ1n) is 5.15. The van der Waals surface area contributed by atoms with E-state index in [-0.39, 0.29) is 0 Å². The van der Waals surface area contributed by atoms with Gasteiger partial charge in [-0.15, -0.1) is 0 Å². The van der Waals surface area contributed by atoms with Gasteiger partial charge in [-0.1, -0.05) is 6.58 Å². The van der Waals surface area contributed by atoms with Crippen LogP contribution < -0.4 is 0 Å². The van der Waals surface area contributed by atoms with Crippen LogP contribution >= 0.6 is 0 Å². The number of nitrogens with zero attached hydrogens (tertiary/aromatic N) is 2. The van der Waals surface area contributed by atoms with Gasteiger partial charge in [0, 0.05) is 18.8 Å². The van der Waals surface area contributed by atoms with Crippen LogP contribution in [-0.4, -0.2) is 43.5 Å². The minimum atomic E-state index is 0.888. The Morgan fingerprint density at radius 1 is 1.54 bits per heavy atom. The minimum Gasteiger partial charge on any atom is -0.375 e. The molecular weight excluding hydrogens is 160 g/mol. The molecule has 2 heteroatoms. The van der Waals surface area contributed by atoms with Crippen molar-refractivity contribution in [3.63, 3.8) is 0 Å². The highest BCUT2D eigenvalue weighted by Crippen LogP contribution is 2.21. The molecule has 1 saturated heterocycles. The van der Waals surface area contributed by atoms with Crippen LogP contribution in [-0.2, 0) is 0 Å². The Morgan fingerprint density at radius 3 is 2.69 bits per heavy atom. The van der Waals surface area contributed by atoms with E-state index in [2.05, 4.69) is 37.4 Å². The number of allylic oxidation sites excluding steroid dienone is 1. The predicted octanol–water partition coefficient (Wildman–Crippen LogP) is 1.79. The van der Waals surface area contributed by atoms with E-state index in [4.69, 9.17) is 0 Å². The molecule has 0 aliphatic carbocycles. The fourth-order valence-corrected chi connectivity index (χ4v) is 1.86. The average Bonchev–Trinajstić information content (AvgIpc) is 2.48. The van der Waals surface area contributed by atoms with Gasteiger partial charge in [-0.3, -0.25) is 0 Å². The van der Waals surface area contributed by atoms with E-state index in [1.807, 2.05) is 0 Å². The smallest absolute Gasteiger partial charge is 0.0204 e. The summed E-state index contributed by atoms with van der Waals surface area (Å²) in [6.07, 6.45) is 2.68. The molecular formula is C11H22N2. The van der Waals surface area contributed by atoms with Crippen molar-refractivity contribution < 1.29 is 0 Å². The summed E-state index contributed by atoms with van der Waals surface area (Å²) in [6, 6.07) is 0. The summed E-state index contributed by atoms with van der Waals surface area (Å²) in [5.41, 5.74) is 1.23. The van der Waals surface area contributed by atoms with Crippen LogP contribution in [0.2, 0.25) is 0 Å². The topological polar surface area (TPSA) is 6.48 Å². The van der Waals surface area contributed by atoms with Crippen molar-refractivity contribution >= 4 is 0 Å². The lowest BCUT2D eigenvalue weighted by Gasteiger charge is -2.18. The van der Waals surface area contributed by atoms with E-state index in [1.165, 1.54) is 38.2 Å². The van der Waals surface area contributed by atoms with Crippen LogP contribution in [0.1, 0.15) is 19.8 Å². The van der Waals surface area contributed by atoms with Gasteiger partial charge in [0.05, 0.1) is 0 Å². The number of hydrogen-bond acceptors (Lipinski definition) is 2. The summed E-state index contributed by atoms with van der Waals surface area (Å²) in [5.74, 6) is 0.888. The fraction of sp³-hybridized carbons (Fsp3) is 0.818. The number of hydrogen-bond donors (Lipinski definition) is 0. The zero-order valence-electron chi connectivity index (χ0n) is 9.21. The second-order valence-electron chi connectivity index (χ2n) is 4.43. The molecule has 0 aromatic heterocycles. The molecule has 13 heavy (non-hydrogen) atoms. The molecule has 1 aliphatic heterocycles.